The van der Waals surface area contributed by atoms with E-state index in [4.69, 9.17) is 20.7 Å². The summed E-state index contributed by atoms with van der Waals surface area (Å²) in [6, 6.07) is 0. The van der Waals surface area contributed by atoms with E-state index in [2.05, 4.69) is 4.74 Å². The largest absolute Gasteiger partial charge is 0.466 e. The molecule has 0 rings (SSSR count). The molecule has 0 aliphatic heterocycles. The van der Waals surface area contributed by atoms with Crippen LogP contribution < -0.4 is 5.73 Å². The second-order valence-corrected chi connectivity index (χ2v) is 3.29. The summed E-state index contributed by atoms with van der Waals surface area (Å²) in [5.41, 5.74) is 4.39. The minimum absolute atomic E-state index is 0.000590. The van der Waals surface area contributed by atoms with E-state index in [1.165, 1.54) is 0 Å². The van der Waals surface area contributed by atoms with Gasteiger partial charge < -0.3 is 25.4 Å². The predicted octanol–water partition coefficient (Wildman–Crippen LogP) is -1.36. The van der Waals surface area contributed by atoms with Crippen LogP contribution in [0.15, 0.2) is 0 Å². The van der Waals surface area contributed by atoms with Gasteiger partial charge in [-0.3, -0.25) is 4.79 Å². The number of nitrogens with two attached hydrogens (primary N) is 1. The molecule has 4 N–H and O–H groups in total. The molecule has 0 amide bonds. The van der Waals surface area contributed by atoms with Gasteiger partial charge in [-0.2, -0.15) is 0 Å². The van der Waals surface area contributed by atoms with Crippen molar-refractivity contribution >= 4 is 5.97 Å². The van der Waals surface area contributed by atoms with Gasteiger partial charge in [0.25, 0.3) is 0 Å². The highest BCUT2D eigenvalue weighted by atomic mass is 16.5. The van der Waals surface area contributed by atoms with Crippen molar-refractivity contribution in [2.24, 2.45) is 5.73 Å². The van der Waals surface area contributed by atoms with Crippen LogP contribution in [0.25, 0.3) is 0 Å². The molecule has 0 aromatic carbocycles. The van der Waals surface area contributed by atoms with Crippen LogP contribution in [0.2, 0.25) is 0 Å². The lowest BCUT2D eigenvalue weighted by Crippen LogP contribution is -2.51. The van der Waals surface area contributed by atoms with Crippen LogP contribution in [0.4, 0.5) is 0 Å². The van der Waals surface area contributed by atoms with Gasteiger partial charge in [0.15, 0.2) is 0 Å². The average molecular weight is 221 g/mol. The molecule has 6 heteroatoms. The summed E-state index contributed by atoms with van der Waals surface area (Å²) >= 11 is 0. The van der Waals surface area contributed by atoms with Crippen molar-refractivity contribution < 1.29 is 24.5 Å². The third kappa shape index (κ3) is 6.40. The van der Waals surface area contributed by atoms with Gasteiger partial charge in [-0.1, -0.05) is 0 Å². The number of aliphatic hydroxyl groups is 2. The molecule has 0 saturated heterocycles. The number of ether oxygens (including phenoxy) is 2. The molecule has 15 heavy (non-hydrogen) atoms. The van der Waals surface area contributed by atoms with E-state index >= 15 is 0 Å². The van der Waals surface area contributed by atoms with Gasteiger partial charge in [-0.15, -0.1) is 0 Å². The minimum Gasteiger partial charge on any atom is -0.466 e. The lowest BCUT2D eigenvalue weighted by molar-refractivity contribution is -0.144. The zero-order valence-electron chi connectivity index (χ0n) is 8.94. The van der Waals surface area contributed by atoms with E-state index in [0.29, 0.717) is 6.61 Å². The molecular formula is C9H19NO5. The molecule has 6 nitrogen and oxygen atoms in total. The summed E-state index contributed by atoms with van der Waals surface area (Å²) in [5.74, 6) is -0.340. The molecule has 90 valence electrons. The molecule has 0 aliphatic carbocycles. The van der Waals surface area contributed by atoms with Crippen molar-refractivity contribution in [1.29, 1.82) is 0 Å². The zero-order valence-corrected chi connectivity index (χ0v) is 8.94. The molecule has 0 aliphatic rings. The Morgan fingerprint density at radius 2 is 2.00 bits per heavy atom. The third-order valence-corrected chi connectivity index (χ3v) is 1.78. The van der Waals surface area contributed by atoms with Gasteiger partial charge in [0, 0.05) is 0 Å². The Morgan fingerprint density at radius 3 is 2.47 bits per heavy atom. The fourth-order valence-corrected chi connectivity index (χ4v) is 0.805. The topological polar surface area (TPSA) is 102 Å². The summed E-state index contributed by atoms with van der Waals surface area (Å²) in [4.78, 5) is 10.9. The van der Waals surface area contributed by atoms with E-state index in [9.17, 15) is 4.79 Å². The van der Waals surface area contributed by atoms with Crippen LogP contribution in [0.3, 0.4) is 0 Å². The van der Waals surface area contributed by atoms with E-state index in [1.807, 2.05) is 0 Å². The Balaban J connectivity index is 3.57. The number of hydrogen-bond donors (Lipinski definition) is 3. The highest BCUT2D eigenvalue weighted by molar-refractivity contribution is 5.69. The Morgan fingerprint density at radius 1 is 1.40 bits per heavy atom. The normalized spacial score (nSPS) is 11.5. The molecule has 0 bridgehead atoms. The molecule has 0 fully saturated rings. The first-order valence-electron chi connectivity index (χ1n) is 4.82. The van der Waals surface area contributed by atoms with Crippen LogP contribution in [-0.2, 0) is 14.3 Å². The summed E-state index contributed by atoms with van der Waals surface area (Å²) in [5, 5.41) is 17.6. The number of carbonyl (C=O) groups excluding carboxylic acids is 1. The first-order chi connectivity index (χ1) is 7.08. The van der Waals surface area contributed by atoms with Crippen LogP contribution >= 0.6 is 0 Å². The SMILES string of the molecule is CCOC(=O)CCOCC(N)(CO)CO. The van der Waals surface area contributed by atoms with Gasteiger partial charge in [-0.05, 0) is 6.92 Å². The van der Waals surface area contributed by atoms with Crippen molar-refractivity contribution in [3.05, 3.63) is 0 Å². The second kappa shape index (κ2) is 7.58. The maximum absolute atomic E-state index is 10.9. The quantitative estimate of drug-likeness (QED) is 0.345. The lowest BCUT2D eigenvalue weighted by Gasteiger charge is -2.23. The van der Waals surface area contributed by atoms with Crippen LogP contribution in [-0.4, -0.2) is 54.8 Å². The first-order valence-corrected chi connectivity index (χ1v) is 4.82. The molecular weight excluding hydrogens is 202 g/mol. The lowest BCUT2D eigenvalue weighted by atomic mass is 10.1. The summed E-state index contributed by atoms with van der Waals surface area (Å²) in [6.07, 6.45) is 0.140. The summed E-state index contributed by atoms with van der Waals surface area (Å²) < 4.78 is 9.73. The Labute approximate surface area is 89.0 Å². The van der Waals surface area contributed by atoms with Crippen molar-refractivity contribution in [1.82, 2.24) is 0 Å². The number of hydrogen-bond acceptors (Lipinski definition) is 6. The van der Waals surface area contributed by atoms with Crippen molar-refractivity contribution in [3.63, 3.8) is 0 Å². The minimum atomic E-state index is -1.14. The second-order valence-electron chi connectivity index (χ2n) is 3.29. The van der Waals surface area contributed by atoms with Crippen molar-refractivity contribution in [2.45, 2.75) is 18.9 Å². The molecule has 0 unspecified atom stereocenters. The fourth-order valence-electron chi connectivity index (χ4n) is 0.805. The smallest absolute Gasteiger partial charge is 0.308 e. The molecule has 0 atom stereocenters. The number of esters is 1. The van der Waals surface area contributed by atoms with Gasteiger partial charge >= 0.3 is 5.97 Å². The van der Waals surface area contributed by atoms with Crippen LogP contribution in [0.1, 0.15) is 13.3 Å². The summed E-state index contributed by atoms with van der Waals surface area (Å²) in [7, 11) is 0. The van der Waals surface area contributed by atoms with Crippen molar-refractivity contribution in [2.75, 3.05) is 33.0 Å². The highest BCUT2D eigenvalue weighted by Crippen LogP contribution is 1.99. The monoisotopic (exact) mass is 221 g/mol. The van der Waals surface area contributed by atoms with E-state index < -0.39 is 5.54 Å². The first kappa shape index (κ1) is 14.3. The van der Waals surface area contributed by atoms with E-state index in [1.54, 1.807) is 6.92 Å². The molecule has 0 spiro atoms. The fraction of sp³-hybridized carbons (Fsp3) is 0.889. The standard InChI is InChI=1S/C9H19NO5/c1-2-15-8(13)3-4-14-7-9(10,5-11)6-12/h11-12H,2-7,10H2,1H3. The van der Waals surface area contributed by atoms with Crippen molar-refractivity contribution in [3.8, 4) is 0 Å². The highest BCUT2D eigenvalue weighted by Gasteiger charge is 2.23. The molecule has 0 aromatic heterocycles. The number of carbonyl (C=O) groups is 1. The van der Waals surface area contributed by atoms with Gasteiger partial charge in [0.1, 0.15) is 0 Å². The third-order valence-electron chi connectivity index (χ3n) is 1.78. The maximum Gasteiger partial charge on any atom is 0.308 e. The Bertz CT molecular complexity index is 181. The molecule has 0 heterocycles. The van der Waals surface area contributed by atoms with Gasteiger partial charge in [0.2, 0.25) is 0 Å². The summed E-state index contributed by atoms with van der Waals surface area (Å²) in [6.45, 7) is 1.48. The average Bonchev–Trinajstić information content (AvgIpc) is 2.24. The predicted molar refractivity (Wildman–Crippen MR) is 53.2 cm³/mol. The number of aliphatic hydroxyl groups excluding tert-OH is 2. The van der Waals surface area contributed by atoms with Gasteiger partial charge in [-0.25, -0.2) is 0 Å². The zero-order chi connectivity index (χ0) is 11.7. The van der Waals surface area contributed by atoms with E-state index in [0.717, 1.165) is 0 Å². The Kier molecular flexibility index (Phi) is 7.23. The van der Waals surface area contributed by atoms with E-state index in [-0.39, 0.29) is 38.8 Å². The van der Waals surface area contributed by atoms with Gasteiger partial charge in [0.05, 0.1) is 45.0 Å². The van der Waals surface area contributed by atoms with Crippen LogP contribution in [0, 0.1) is 0 Å². The molecule has 0 radical (unpaired) electrons. The van der Waals surface area contributed by atoms with Crippen LogP contribution in [0.5, 0.6) is 0 Å². The molecule has 0 aromatic rings. The Hall–Kier alpha value is -0.690. The maximum atomic E-state index is 10.9. The number of rotatable bonds is 8. The molecule has 0 saturated carbocycles.